The lowest BCUT2D eigenvalue weighted by atomic mass is 10.2. The van der Waals surface area contributed by atoms with Crippen LogP contribution in [0.25, 0.3) is 0 Å². The third-order valence-electron chi connectivity index (χ3n) is 3.58. The molecule has 0 aromatic heterocycles. The van der Waals surface area contributed by atoms with E-state index in [-0.39, 0.29) is 24.8 Å². The number of benzene rings is 1. The van der Waals surface area contributed by atoms with E-state index >= 15 is 0 Å². The van der Waals surface area contributed by atoms with Crippen molar-refractivity contribution in [3.05, 3.63) is 30.0 Å². The Labute approximate surface area is 145 Å². The van der Waals surface area contributed by atoms with Crippen LogP contribution in [0.1, 0.15) is 19.8 Å². The first-order valence-corrected chi connectivity index (χ1v) is 7.93. The number of aliphatic hydroxyl groups is 1. The van der Waals surface area contributed by atoms with Gasteiger partial charge in [-0.25, -0.2) is 0 Å². The van der Waals surface area contributed by atoms with E-state index in [1.54, 1.807) is 18.2 Å². The molecule has 0 unspecified atom stereocenters. The van der Waals surface area contributed by atoms with Crippen LogP contribution in [0.4, 0.5) is 11.4 Å². The Morgan fingerprint density at radius 3 is 2.68 bits per heavy atom. The molecule has 0 aliphatic carbocycles. The van der Waals surface area contributed by atoms with E-state index in [0.717, 1.165) is 11.0 Å². The van der Waals surface area contributed by atoms with Gasteiger partial charge in [-0.3, -0.25) is 19.3 Å². The Balaban J connectivity index is 2.25. The highest BCUT2D eigenvalue weighted by molar-refractivity contribution is 6.17. The first kappa shape index (κ1) is 18.5. The fourth-order valence-electron chi connectivity index (χ4n) is 2.36. The average molecular weight is 347 g/mol. The van der Waals surface area contributed by atoms with Crippen molar-refractivity contribution in [1.29, 1.82) is 0 Å². The van der Waals surface area contributed by atoms with Crippen LogP contribution in [-0.4, -0.2) is 48.0 Å². The summed E-state index contributed by atoms with van der Waals surface area (Å²) in [5.41, 5.74) is 0.973. The highest BCUT2D eigenvalue weighted by Crippen LogP contribution is 2.29. The van der Waals surface area contributed by atoms with Crippen LogP contribution in [-0.2, 0) is 14.4 Å². The highest BCUT2D eigenvalue weighted by Gasteiger charge is 2.31. The second-order valence-electron chi connectivity index (χ2n) is 5.41. The number of aliphatic hydroxyl groups excluding tert-OH is 1. The molecule has 1 aromatic rings. The summed E-state index contributed by atoms with van der Waals surface area (Å²) in [5.74, 6) is -0.658. The fourth-order valence-corrected chi connectivity index (χ4v) is 2.36. The SMILES string of the molecule is CCCC(=O)Nc1ccc(OC)cc1NC1=CC(=O)N(CCO)C1=O. The predicted octanol–water partition coefficient (Wildman–Crippen LogP) is 1.09. The van der Waals surface area contributed by atoms with Crippen molar-refractivity contribution in [1.82, 2.24) is 4.90 Å². The zero-order valence-electron chi connectivity index (χ0n) is 14.2. The number of amides is 3. The molecule has 8 nitrogen and oxygen atoms in total. The molecule has 3 amide bonds. The minimum absolute atomic E-state index is 0.0673. The van der Waals surface area contributed by atoms with Gasteiger partial charge in [0.05, 0.1) is 31.6 Å². The second-order valence-corrected chi connectivity index (χ2v) is 5.41. The molecule has 8 heteroatoms. The van der Waals surface area contributed by atoms with Gasteiger partial charge in [0.2, 0.25) is 5.91 Å². The number of carbonyl (C=O) groups is 3. The summed E-state index contributed by atoms with van der Waals surface area (Å²) in [6.07, 6.45) is 2.24. The molecule has 0 saturated heterocycles. The van der Waals surface area contributed by atoms with Crippen molar-refractivity contribution < 1.29 is 24.2 Å². The molecule has 134 valence electrons. The Bertz CT molecular complexity index is 714. The lowest BCUT2D eigenvalue weighted by Crippen LogP contribution is -2.34. The number of hydrogen-bond acceptors (Lipinski definition) is 6. The average Bonchev–Trinajstić information content (AvgIpc) is 2.84. The Morgan fingerprint density at radius 1 is 1.28 bits per heavy atom. The van der Waals surface area contributed by atoms with Crippen molar-refractivity contribution in [2.45, 2.75) is 19.8 Å². The monoisotopic (exact) mass is 347 g/mol. The van der Waals surface area contributed by atoms with Gasteiger partial charge in [0.1, 0.15) is 11.4 Å². The lowest BCUT2D eigenvalue weighted by molar-refractivity contribution is -0.137. The normalized spacial score (nSPS) is 13.7. The van der Waals surface area contributed by atoms with Crippen LogP contribution in [0.5, 0.6) is 5.75 Å². The van der Waals surface area contributed by atoms with Gasteiger partial charge in [-0.05, 0) is 18.6 Å². The van der Waals surface area contributed by atoms with Gasteiger partial charge in [0.25, 0.3) is 11.8 Å². The van der Waals surface area contributed by atoms with Crippen LogP contribution in [0.2, 0.25) is 0 Å². The van der Waals surface area contributed by atoms with Gasteiger partial charge < -0.3 is 20.5 Å². The Kier molecular flexibility index (Phi) is 6.13. The van der Waals surface area contributed by atoms with Gasteiger partial charge >= 0.3 is 0 Å². The number of rotatable bonds is 8. The third-order valence-corrected chi connectivity index (χ3v) is 3.58. The number of imide groups is 1. The zero-order valence-corrected chi connectivity index (χ0v) is 14.2. The van der Waals surface area contributed by atoms with Crippen molar-refractivity contribution in [2.24, 2.45) is 0 Å². The summed E-state index contributed by atoms with van der Waals surface area (Å²) in [6.45, 7) is 1.52. The van der Waals surface area contributed by atoms with Crippen LogP contribution >= 0.6 is 0 Å². The molecule has 0 saturated carbocycles. The highest BCUT2D eigenvalue weighted by atomic mass is 16.5. The molecular formula is C17H21N3O5. The molecule has 0 bridgehead atoms. The first-order valence-electron chi connectivity index (χ1n) is 7.93. The van der Waals surface area contributed by atoms with Gasteiger partial charge in [0, 0.05) is 18.6 Å². The van der Waals surface area contributed by atoms with E-state index in [0.29, 0.717) is 30.0 Å². The predicted molar refractivity (Wildman–Crippen MR) is 92.0 cm³/mol. The molecule has 0 spiro atoms. The Morgan fingerprint density at radius 2 is 2.04 bits per heavy atom. The minimum Gasteiger partial charge on any atom is -0.497 e. The minimum atomic E-state index is -0.535. The molecular weight excluding hydrogens is 326 g/mol. The van der Waals surface area contributed by atoms with E-state index in [1.807, 2.05) is 6.92 Å². The molecule has 1 aliphatic heterocycles. The smallest absolute Gasteiger partial charge is 0.277 e. The van der Waals surface area contributed by atoms with E-state index in [9.17, 15) is 14.4 Å². The van der Waals surface area contributed by atoms with Gasteiger partial charge in [-0.15, -0.1) is 0 Å². The van der Waals surface area contributed by atoms with E-state index in [4.69, 9.17) is 9.84 Å². The van der Waals surface area contributed by atoms with Gasteiger partial charge in [-0.2, -0.15) is 0 Å². The summed E-state index contributed by atoms with van der Waals surface area (Å²) in [4.78, 5) is 36.9. The van der Waals surface area contributed by atoms with Crippen molar-refractivity contribution in [2.75, 3.05) is 30.9 Å². The molecule has 1 heterocycles. The summed E-state index contributed by atoms with van der Waals surface area (Å²) in [7, 11) is 1.50. The van der Waals surface area contributed by atoms with Crippen molar-refractivity contribution >= 4 is 29.1 Å². The molecule has 0 atom stereocenters. The number of methoxy groups -OCH3 is 1. The van der Waals surface area contributed by atoms with E-state index in [2.05, 4.69) is 10.6 Å². The van der Waals surface area contributed by atoms with Crippen LogP contribution < -0.4 is 15.4 Å². The number of nitrogens with zero attached hydrogens (tertiary/aromatic N) is 1. The van der Waals surface area contributed by atoms with Crippen LogP contribution in [0.3, 0.4) is 0 Å². The standard InChI is InChI=1S/C17H21N3O5/c1-3-4-15(22)19-12-6-5-11(25-2)9-13(12)18-14-10-16(23)20(7-8-21)17(14)24/h5-6,9-10,18,21H,3-4,7-8H2,1-2H3,(H,19,22). The Hall–Kier alpha value is -2.87. The number of hydrogen-bond donors (Lipinski definition) is 3. The summed E-state index contributed by atoms with van der Waals surface area (Å²) in [6, 6.07) is 4.96. The zero-order chi connectivity index (χ0) is 18.4. The van der Waals surface area contributed by atoms with Crippen molar-refractivity contribution in [3.63, 3.8) is 0 Å². The molecule has 2 rings (SSSR count). The number of β-amino-alcohol motifs (C(OH)–C–C–N with tert-alkyl or cyclic N) is 1. The van der Waals surface area contributed by atoms with Crippen molar-refractivity contribution in [3.8, 4) is 5.75 Å². The van der Waals surface area contributed by atoms with Crippen LogP contribution in [0.15, 0.2) is 30.0 Å². The summed E-state index contributed by atoms with van der Waals surface area (Å²) in [5, 5.41) is 14.6. The van der Waals surface area contributed by atoms with Gasteiger partial charge in [0.15, 0.2) is 0 Å². The third kappa shape index (κ3) is 4.36. The maximum Gasteiger partial charge on any atom is 0.277 e. The summed E-state index contributed by atoms with van der Waals surface area (Å²) < 4.78 is 5.17. The topological polar surface area (TPSA) is 108 Å². The molecule has 0 radical (unpaired) electrons. The number of ether oxygens (including phenoxy) is 1. The summed E-state index contributed by atoms with van der Waals surface area (Å²) >= 11 is 0. The van der Waals surface area contributed by atoms with E-state index in [1.165, 1.54) is 7.11 Å². The number of nitrogens with one attached hydrogen (secondary N) is 2. The van der Waals surface area contributed by atoms with E-state index < -0.39 is 11.8 Å². The lowest BCUT2D eigenvalue weighted by Gasteiger charge is -2.16. The second kappa shape index (κ2) is 8.29. The molecule has 3 N–H and O–H groups in total. The molecule has 1 aliphatic rings. The van der Waals surface area contributed by atoms with Crippen LogP contribution in [0, 0.1) is 0 Å². The van der Waals surface area contributed by atoms with Gasteiger partial charge in [-0.1, -0.05) is 6.92 Å². The molecule has 25 heavy (non-hydrogen) atoms. The first-order chi connectivity index (χ1) is 12.0. The number of carbonyl (C=O) groups excluding carboxylic acids is 3. The largest absolute Gasteiger partial charge is 0.497 e. The fraction of sp³-hybridized carbons (Fsp3) is 0.353. The quantitative estimate of drug-likeness (QED) is 0.608. The number of anilines is 2. The maximum absolute atomic E-state index is 12.2. The maximum atomic E-state index is 12.2. The molecule has 1 aromatic carbocycles. The molecule has 0 fully saturated rings.